The lowest BCUT2D eigenvalue weighted by Crippen LogP contribution is -2.47. The normalized spacial score (nSPS) is 18.4. The molecule has 1 N–H and O–H groups in total. The summed E-state index contributed by atoms with van der Waals surface area (Å²) >= 11 is 0. The summed E-state index contributed by atoms with van der Waals surface area (Å²) in [5.41, 5.74) is 0. The van der Waals surface area contributed by atoms with E-state index in [9.17, 15) is 14.7 Å². The van der Waals surface area contributed by atoms with E-state index in [4.69, 9.17) is 4.52 Å². The molecule has 1 aromatic heterocycles. The minimum atomic E-state index is -0.908. The van der Waals surface area contributed by atoms with Crippen LogP contribution in [-0.2, 0) is 22.4 Å². The highest BCUT2D eigenvalue weighted by Crippen LogP contribution is 2.19. The van der Waals surface area contributed by atoms with Crippen molar-refractivity contribution in [1.82, 2.24) is 15.0 Å². The molecular weight excluding hydrogens is 286 g/mol. The van der Waals surface area contributed by atoms with E-state index in [2.05, 4.69) is 10.1 Å². The number of aliphatic carboxylic acids is 1. The summed E-state index contributed by atoms with van der Waals surface area (Å²) in [5.74, 6) is 0.241. The van der Waals surface area contributed by atoms with Gasteiger partial charge in [-0.15, -0.1) is 0 Å². The van der Waals surface area contributed by atoms with E-state index < -0.39 is 12.0 Å². The van der Waals surface area contributed by atoms with Crippen LogP contribution in [0.25, 0.3) is 0 Å². The predicted molar refractivity (Wildman–Crippen MR) is 78.2 cm³/mol. The molecule has 1 amide bonds. The number of likely N-dealkylation sites (tertiary alicyclic amines) is 1. The molecular formula is C15H23N3O4. The smallest absolute Gasteiger partial charge is 0.326 e. The highest BCUT2D eigenvalue weighted by molar-refractivity contribution is 5.83. The van der Waals surface area contributed by atoms with Crippen LogP contribution in [0.5, 0.6) is 0 Å². The lowest BCUT2D eigenvalue weighted by Gasteiger charge is -2.33. The Labute approximate surface area is 129 Å². The number of rotatable bonds is 7. The second-order valence-corrected chi connectivity index (χ2v) is 5.64. The van der Waals surface area contributed by atoms with Gasteiger partial charge in [-0.25, -0.2) is 4.79 Å². The Morgan fingerprint density at radius 3 is 2.91 bits per heavy atom. The third-order valence-corrected chi connectivity index (χ3v) is 3.87. The Morgan fingerprint density at radius 1 is 1.36 bits per heavy atom. The van der Waals surface area contributed by atoms with E-state index >= 15 is 0 Å². The molecule has 0 aliphatic carbocycles. The molecule has 1 unspecified atom stereocenters. The van der Waals surface area contributed by atoms with Crippen LogP contribution in [0, 0.1) is 0 Å². The highest BCUT2D eigenvalue weighted by Gasteiger charge is 2.31. The highest BCUT2D eigenvalue weighted by atomic mass is 16.5. The third-order valence-electron chi connectivity index (χ3n) is 3.87. The zero-order chi connectivity index (χ0) is 15.9. The molecule has 2 heterocycles. The number of carboxylic acids is 1. The maximum absolute atomic E-state index is 12.2. The first-order valence-corrected chi connectivity index (χ1v) is 7.95. The minimum absolute atomic E-state index is 0.0969. The molecule has 7 heteroatoms. The van der Waals surface area contributed by atoms with Crippen molar-refractivity contribution in [3.05, 3.63) is 11.7 Å². The first-order valence-electron chi connectivity index (χ1n) is 7.95. The van der Waals surface area contributed by atoms with Crippen molar-refractivity contribution in [2.24, 2.45) is 0 Å². The molecule has 1 fully saturated rings. The zero-order valence-corrected chi connectivity index (χ0v) is 13.0. The van der Waals surface area contributed by atoms with Gasteiger partial charge >= 0.3 is 5.97 Å². The van der Waals surface area contributed by atoms with Crippen LogP contribution in [0.2, 0.25) is 0 Å². The Bertz CT molecular complexity index is 515. The fraction of sp³-hybridized carbons (Fsp3) is 0.733. The van der Waals surface area contributed by atoms with Gasteiger partial charge in [0.15, 0.2) is 5.82 Å². The summed E-state index contributed by atoms with van der Waals surface area (Å²) in [6.45, 7) is 2.59. The molecule has 0 bridgehead atoms. The Kier molecular flexibility index (Phi) is 5.91. The fourth-order valence-corrected chi connectivity index (χ4v) is 2.74. The van der Waals surface area contributed by atoms with Gasteiger partial charge in [0.05, 0.1) is 0 Å². The number of nitrogens with zero attached hydrogens (tertiary/aromatic N) is 3. The van der Waals surface area contributed by atoms with Crippen LogP contribution in [-0.4, -0.2) is 44.6 Å². The maximum Gasteiger partial charge on any atom is 0.326 e. The Morgan fingerprint density at radius 2 is 2.18 bits per heavy atom. The standard InChI is InChI=1S/C15H23N3O4/c1-2-6-12-16-13(22-17-12)8-5-9-14(19)18-10-4-3-7-11(18)15(20)21/h11H,2-10H2,1H3,(H,20,21). The number of hydrogen-bond acceptors (Lipinski definition) is 5. The van der Waals surface area contributed by atoms with Crippen molar-refractivity contribution < 1.29 is 19.2 Å². The van der Waals surface area contributed by atoms with Gasteiger partial charge in [-0.1, -0.05) is 12.1 Å². The molecule has 1 saturated heterocycles. The number of amides is 1. The number of piperidine rings is 1. The average Bonchev–Trinajstić information content (AvgIpc) is 2.95. The summed E-state index contributed by atoms with van der Waals surface area (Å²) in [6.07, 6.45) is 5.49. The zero-order valence-electron chi connectivity index (χ0n) is 13.0. The molecule has 2 rings (SSSR count). The van der Waals surface area contributed by atoms with Crippen LogP contribution in [0.3, 0.4) is 0 Å². The largest absolute Gasteiger partial charge is 0.480 e. The van der Waals surface area contributed by atoms with Crippen molar-refractivity contribution in [1.29, 1.82) is 0 Å². The number of carbonyl (C=O) groups excluding carboxylic acids is 1. The summed E-state index contributed by atoms with van der Waals surface area (Å²) in [6, 6.07) is -0.666. The van der Waals surface area contributed by atoms with Crippen molar-refractivity contribution in [2.45, 2.75) is 64.3 Å². The molecule has 7 nitrogen and oxygen atoms in total. The van der Waals surface area contributed by atoms with Gasteiger partial charge in [-0.2, -0.15) is 4.98 Å². The van der Waals surface area contributed by atoms with Crippen LogP contribution in [0.4, 0.5) is 0 Å². The van der Waals surface area contributed by atoms with E-state index in [0.717, 1.165) is 25.7 Å². The van der Waals surface area contributed by atoms with Gasteiger partial charge in [0.1, 0.15) is 6.04 Å². The molecule has 1 atom stereocenters. The van der Waals surface area contributed by atoms with Crippen LogP contribution < -0.4 is 0 Å². The molecule has 1 aliphatic rings. The van der Waals surface area contributed by atoms with Crippen molar-refractivity contribution in [3.63, 3.8) is 0 Å². The summed E-state index contributed by atoms with van der Waals surface area (Å²) in [4.78, 5) is 29.2. The van der Waals surface area contributed by atoms with Gasteiger partial charge in [0.2, 0.25) is 11.8 Å². The van der Waals surface area contributed by atoms with Gasteiger partial charge < -0.3 is 14.5 Å². The first-order chi connectivity index (χ1) is 10.6. The second-order valence-electron chi connectivity index (χ2n) is 5.64. The quantitative estimate of drug-likeness (QED) is 0.825. The number of hydrogen-bond donors (Lipinski definition) is 1. The van der Waals surface area contributed by atoms with Crippen molar-refractivity contribution >= 4 is 11.9 Å². The van der Waals surface area contributed by atoms with Gasteiger partial charge in [0, 0.05) is 25.8 Å². The SMILES string of the molecule is CCCc1noc(CCCC(=O)N2CCCCC2C(=O)O)n1. The van der Waals surface area contributed by atoms with Gasteiger partial charge in [-0.05, 0) is 32.1 Å². The van der Waals surface area contributed by atoms with Crippen LogP contribution >= 0.6 is 0 Å². The summed E-state index contributed by atoms with van der Waals surface area (Å²) in [7, 11) is 0. The van der Waals surface area contributed by atoms with Crippen molar-refractivity contribution in [3.8, 4) is 0 Å². The first kappa shape index (κ1) is 16.5. The fourth-order valence-electron chi connectivity index (χ4n) is 2.74. The maximum atomic E-state index is 12.2. The van der Waals surface area contributed by atoms with Gasteiger partial charge in [-0.3, -0.25) is 4.79 Å². The molecule has 1 aliphatic heterocycles. The van der Waals surface area contributed by atoms with E-state index in [1.54, 1.807) is 0 Å². The number of aromatic nitrogens is 2. The predicted octanol–water partition coefficient (Wildman–Crippen LogP) is 1.81. The van der Waals surface area contributed by atoms with Crippen LogP contribution in [0.15, 0.2) is 4.52 Å². The number of carboxylic acid groups (broad SMARTS) is 1. The van der Waals surface area contributed by atoms with E-state index in [1.165, 1.54) is 4.90 Å². The monoisotopic (exact) mass is 309 g/mol. The topological polar surface area (TPSA) is 96.5 Å². The number of carbonyl (C=O) groups is 2. The molecule has 0 spiro atoms. The Hall–Kier alpha value is -1.92. The number of aryl methyl sites for hydroxylation is 2. The molecule has 1 aromatic rings. The van der Waals surface area contributed by atoms with E-state index in [-0.39, 0.29) is 5.91 Å². The lowest BCUT2D eigenvalue weighted by molar-refractivity contribution is -0.152. The van der Waals surface area contributed by atoms with E-state index in [0.29, 0.717) is 43.9 Å². The molecule has 122 valence electrons. The van der Waals surface area contributed by atoms with E-state index in [1.807, 2.05) is 6.92 Å². The Balaban J connectivity index is 1.79. The minimum Gasteiger partial charge on any atom is -0.480 e. The third kappa shape index (κ3) is 4.29. The van der Waals surface area contributed by atoms with Crippen molar-refractivity contribution in [2.75, 3.05) is 6.54 Å². The molecule has 0 radical (unpaired) electrons. The lowest BCUT2D eigenvalue weighted by atomic mass is 10.0. The average molecular weight is 309 g/mol. The van der Waals surface area contributed by atoms with Gasteiger partial charge in [0.25, 0.3) is 0 Å². The molecule has 0 saturated carbocycles. The summed E-state index contributed by atoms with van der Waals surface area (Å²) < 4.78 is 5.12. The molecule has 22 heavy (non-hydrogen) atoms. The summed E-state index contributed by atoms with van der Waals surface area (Å²) in [5, 5.41) is 13.1. The molecule has 0 aromatic carbocycles. The second kappa shape index (κ2) is 7.91. The van der Waals surface area contributed by atoms with Crippen LogP contribution in [0.1, 0.15) is 57.2 Å².